The zero-order chi connectivity index (χ0) is 15.5. The number of benzene rings is 1. The zero-order valence-electron chi connectivity index (χ0n) is 12.5. The molecule has 0 N–H and O–H groups in total. The predicted octanol–water partition coefficient (Wildman–Crippen LogP) is 4.65. The van der Waals surface area contributed by atoms with E-state index < -0.39 is 0 Å². The Morgan fingerprint density at radius 1 is 0.955 bits per heavy atom. The molecule has 0 saturated heterocycles. The van der Waals surface area contributed by atoms with Crippen molar-refractivity contribution in [1.29, 1.82) is 0 Å². The molecule has 3 aromatic rings. The van der Waals surface area contributed by atoms with Crippen molar-refractivity contribution in [2.45, 2.75) is 19.8 Å². The fourth-order valence-electron chi connectivity index (χ4n) is 2.31. The van der Waals surface area contributed by atoms with Crippen LogP contribution in [0.15, 0.2) is 54.7 Å². The van der Waals surface area contributed by atoms with Crippen molar-refractivity contribution in [2.75, 3.05) is 0 Å². The maximum Gasteiger partial charge on any atom is 0.178 e. The highest BCUT2D eigenvalue weighted by Gasteiger charge is 2.12. The Morgan fingerprint density at radius 3 is 2.45 bits per heavy atom. The van der Waals surface area contributed by atoms with Gasteiger partial charge in [-0.2, -0.15) is 0 Å². The molecular weight excluding hydrogens is 294 g/mol. The quantitative estimate of drug-likeness (QED) is 0.706. The van der Waals surface area contributed by atoms with E-state index in [9.17, 15) is 0 Å². The first kappa shape index (κ1) is 14.7. The van der Waals surface area contributed by atoms with Gasteiger partial charge in [-0.25, -0.2) is 15.0 Å². The lowest BCUT2D eigenvalue weighted by atomic mass is 9.97. The van der Waals surface area contributed by atoms with Crippen molar-refractivity contribution in [1.82, 2.24) is 15.0 Å². The van der Waals surface area contributed by atoms with Crippen molar-refractivity contribution in [3.8, 4) is 11.5 Å². The van der Waals surface area contributed by atoms with Gasteiger partial charge in [0.05, 0.1) is 0 Å². The van der Waals surface area contributed by atoms with Gasteiger partial charge in [-0.1, -0.05) is 36.7 Å². The summed E-state index contributed by atoms with van der Waals surface area (Å²) in [6.07, 6.45) is 1.76. The fourth-order valence-corrected chi connectivity index (χ4v) is 2.44. The highest BCUT2D eigenvalue weighted by molar-refractivity contribution is 6.30. The van der Waals surface area contributed by atoms with E-state index in [2.05, 4.69) is 16.9 Å². The second-order valence-corrected chi connectivity index (χ2v) is 5.68. The second kappa shape index (κ2) is 6.24. The minimum absolute atomic E-state index is 0.182. The van der Waals surface area contributed by atoms with Gasteiger partial charge in [-0.05, 0) is 42.8 Å². The summed E-state index contributed by atoms with van der Waals surface area (Å²) >= 11 is 5.95. The Kier molecular flexibility index (Phi) is 4.16. The number of aryl methyl sites for hydroxylation is 1. The zero-order valence-corrected chi connectivity index (χ0v) is 13.2. The molecule has 4 heteroatoms. The second-order valence-electron chi connectivity index (χ2n) is 5.24. The summed E-state index contributed by atoms with van der Waals surface area (Å²) in [4.78, 5) is 13.5. The lowest BCUT2D eigenvalue weighted by molar-refractivity contribution is 0.870. The van der Waals surface area contributed by atoms with Gasteiger partial charge in [0, 0.05) is 28.5 Å². The van der Waals surface area contributed by atoms with Gasteiger partial charge in [0.25, 0.3) is 0 Å². The molecule has 0 aliphatic rings. The normalized spacial score (nSPS) is 12.1. The molecule has 22 heavy (non-hydrogen) atoms. The van der Waals surface area contributed by atoms with E-state index in [1.54, 1.807) is 6.20 Å². The lowest BCUT2D eigenvalue weighted by Crippen LogP contribution is -2.01. The van der Waals surface area contributed by atoms with Crippen LogP contribution in [0, 0.1) is 6.92 Å². The number of hydrogen-bond donors (Lipinski definition) is 0. The summed E-state index contributed by atoms with van der Waals surface area (Å²) in [5.74, 6) is 0.840. The molecule has 0 aliphatic heterocycles. The summed E-state index contributed by atoms with van der Waals surface area (Å²) in [6.45, 7) is 4.08. The van der Waals surface area contributed by atoms with Crippen LogP contribution in [0.25, 0.3) is 11.5 Å². The first-order valence-electron chi connectivity index (χ1n) is 7.16. The van der Waals surface area contributed by atoms with Gasteiger partial charge in [0.1, 0.15) is 5.69 Å². The molecule has 1 unspecified atom stereocenters. The van der Waals surface area contributed by atoms with Crippen LogP contribution in [-0.2, 0) is 0 Å². The monoisotopic (exact) mass is 309 g/mol. The Morgan fingerprint density at radius 2 is 1.73 bits per heavy atom. The van der Waals surface area contributed by atoms with E-state index in [1.807, 2.05) is 55.5 Å². The molecule has 0 spiro atoms. The van der Waals surface area contributed by atoms with Crippen molar-refractivity contribution in [3.63, 3.8) is 0 Å². The number of halogens is 1. The van der Waals surface area contributed by atoms with Crippen molar-refractivity contribution < 1.29 is 0 Å². The molecule has 1 aromatic carbocycles. The molecule has 2 aromatic heterocycles. The minimum Gasteiger partial charge on any atom is -0.249 e. The molecule has 3 rings (SSSR count). The number of hydrogen-bond acceptors (Lipinski definition) is 3. The van der Waals surface area contributed by atoms with Crippen LogP contribution in [-0.4, -0.2) is 15.0 Å². The highest BCUT2D eigenvalue weighted by atomic mass is 35.5. The lowest BCUT2D eigenvalue weighted by Gasteiger charge is -2.12. The van der Waals surface area contributed by atoms with Crippen LogP contribution in [0.5, 0.6) is 0 Å². The molecule has 0 radical (unpaired) electrons. The van der Waals surface area contributed by atoms with Crippen LogP contribution in [0.1, 0.15) is 29.8 Å². The molecule has 2 heterocycles. The number of nitrogens with zero attached hydrogens (tertiary/aromatic N) is 3. The first-order valence-corrected chi connectivity index (χ1v) is 7.54. The van der Waals surface area contributed by atoms with E-state index in [1.165, 1.54) is 5.56 Å². The van der Waals surface area contributed by atoms with Gasteiger partial charge in [-0.3, -0.25) is 0 Å². The third-order valence-corrected chi connectivity index (χ3v) is 3.86. The van der Waals surface area contributed by atoms with Crippen molar-refractivity contribution in [3.05, 3.63) is 76.7 Å². The Hall–Kier alpha value is -2.26. The van der Waals surface area contributed by atoms with Gasteiger partial charge in [0.2, 0.25) is 0 Å². The van der Waals surface area contributed by atoms with Crippen LogP contribution in [0.3, 0.4) is 0 Å². The molecule has 0 bridgehead atoms. The highest BCUT2D eigenvalue weighted by Crippen LogP contribution is 2.25. The Labute approximate surface area is 135 Å². The largest absolute Gasteiger partial charge is 0.249 e. The van der Waals surface area contributed by atoms with E-state index in [4.69, 9.17) is 16.6 Å². The van der Waals surface area contributed by atoms with E-state index in [0.29, 0.717) is 5.82 Å². The van der Waals surface area contributed by atoms with Gasteiger partial charge in [0.15, 0.2) is 5.82 Å². The minimum atomic E-state index is 0.182. The number of pyridine rings is 1. The average Bonchev–Trinajstić information content (AvgIpc) is 2.55. The molecular formula is C18H16ClN3. The molecule has 3 nitrogen and oxygen atoms in total. The summed E-state index contributed by atoms with van der Waals surface area (Å²) in [5, 5.41) is 0.742. The third-order valence-electron chi connectivity index (χ3n) is 3.61. The standard InChI is InChI=1S/C18H16ClN3/c1-12-10-11-20-18(21-12)17-5-3-4-16(22-17)13(2)14-6-8-15(19)9-7-14/h3-11,13H,1-2H3. The van der Waals surface area contributed by atoms with Crippen molar-refractivity contribution in [2.24, 2.45) is 0 Å². The summed E-state index contributed by atoms with van der Waals surface area (Å²) in [6, 6.07) is 15.7. The topological polar surface area (TPSA) is 38.7 Å². The SMILES string of the molecule is Cc1ccnc(-c2cccc(C(C)c3ccc(Cl)cc3)n2)n1. The summed E-state index contributed by atoms with van der Waals surface area (Å²) < 4.78 is 0. The molecule has 0 fully saturated rings. The van der Waals surface area contributed by atoms with E-state index in [-0.39, 0.29) is 5.92 Å². The summed E-state index contributed by atoms with van der Waals surface area (Å²) in [5.41, 5.74) is 3.90. The molecule has 110 valence electrons. The van der Waals surface area contributed by atoms with E-state index in [0.717, 1.165) is 22.1 Å². The van der Waals surface area contributed by atoms with Gasteiger partial charge in [-0.15, -0.1) is 0 Å². The maximum atomic E-state index is 5.95. The number of rotatable bonds is 3. The van der Waals surface area contributed by atoms with E-state index >= 15 is 0 Å². The average molecular weight is 310 g/mol. The Balaban J connectivity index is 1.95. The van der Waals surface area contributed by atoms with Gasteiger partial charge < -0.3 is 0 Å². The maximum absolute atomic E-state index is 5.95. The molecule has 0 aliphatic carbocycles. The number of aromatic nitrogens is 3. The van der Waals surface area contributed by atoms with Crippen LogP contribution >= 0.6 is 11.6 Å². The first-order chi connectivity index (χ1) is 10.6. The van der Waals surface area contributed by atoms with Crippen LogP contribution in [0.4, 0.5) is 0 Å². The van der Waals surface area contributed by atoms with Crippen LogP contribution in [0.2, 0.25) is 5.02 Å². The fraction of sp³-hybridized carbons (Fsp3) is 0.167. The third kappa shape index (κ3) is 3.15. The summed E-state index contributed by atoms with van der Waals surface area (Å²) in [7, 11) is 0. The van der Waals surface area contributed by atoms with Gasteiger partial charge >= 0.3 is 0 Å². The van der Waals surface area contributed by atoms with Crippen LogP contribution < -0.4 is 0 Å². The smallest absolute Gasteiger partial charge is 0.178 e. The Bertz CT molecular complexity index is 784. The predicted molar refractivity (Wildman–Crippen MR) is 89.0 cm³/mol. The molecule has 1 atom stereocenters. The molecule has 0 amide bonds. The molecule has 0 saturated carbocycles. The van der Waals surface area contributed by atoms with Crippen molar-refractivity contribution >= 4 is 11.6 Å².